The van der Waals surface area contributed by atoms with Crippen LogP contribution in [0.1, 0.15) is 17.3 Å². The number of hydrogen-bond acceptors (Lipinski definition) is 6. The zero-order chi connectivity index (χ0) is 19.0. The zero-order valence-corrected chi connectivity index (χ0v) is 15.5. The molecule has 4 heterocycles. The summed E-state index contributed by atoms with van der Waals surface area (Å²) in [7, 11) is 1.82. The first-order valence-electron chi connectivity index (χ1n) is 8.29. The minimum atomic E-state index is -0.267. The summed E-state index contributed by atoms with van der Waals surface area (Å²) in [5, 5.41) is 12.4. The highest BCUT2D eigenvalue weighted by molar-refractivity contribution is 7.14. The van der Waals surface area contributed by atoms with E-state index >= 15 is 0 Å². The summed E-state index contributed by atoms with van der Waals surface area (Å²) in [6, 6.07) is 3.50. The highest BCUT2D eigenvalue weighted by atomic mass is 32.1. The van der Waals surface area contributed by atoms with Gasteiger partial charge in [0, 0.05) is 31.4 Å². The van der Waals surface area contributed by atoms with Crippen molar-refractivity contribution in [1.29, 1.82) is 0 Å². The van der Waals surface area contributed by atoms with Gasteiger partial charge < -0.3 is 15.2 Å². The van der Waals surface area contributed by atoms with Crippen molar-refractivity contribution in [2.24, 2.45) is 7.05 Å². The third-order valence-electron chi connectivity index (χ3n) is 3.95. The molecule has 0 saturated carbocycles. The van der Waals surface area contributed by atoms with Gasteiger partial charge in [-0.2, -0.15) is 5.10 Å². The molecule has 0 spiro atoms. The third-order valence-corrected chi connectivity index (χ3v) is 4.80. The van der Waals surface area contributed by atoms with E-state index in [1.807, 2.05) is 20.2 Å². The number of rotatable bonds is 5. The van der Waals surface area contributed by atoms with E-state index in [1.54, 1.807) is 39.2 Å². The Bertz CT molecular complexity index is 1180. The number of fused-ring (bicyclic) bond motifs is 1. The number of carbonyl (C=O) groups is 1. The summed E-state index contributed by atoms with van der Waals surface area (Å²) in [5.74, 6) is 0.188. The summed E-state index contributed by atoms with van der Waals surface area (Å²) in [5.41, 5.74) is 2.09. The number of nitrogens with one attached hydrogen (secondary N) is 3. The number of hydrogen-bond donors (Lipinski definition) is 3. The van der Waals surface area contributed by atoms with Crippen LogP contribution in [0.5, 0.6) is 0 Å². The van der Waals surface area contributed by atoms with Gasteiger partial charge in [-0.15, -0.1) is 11.3 Å². The predicted molar refractivity (Wildman–Crippen MR) is 104 cm³/mol. The third kappa shape index (κ3) is 3.22. The molecule has 0 atom stereocenters. The fraction of sp³-hybridized carbons (Fsp3) is 0.176. The lowest BCUT2D eigenvalue weighted by Crippen LogP contribution is -2.21. The van der Waals surface area contributed by atoms with Gasteiger partial charge >= 0.3 is 0 Å². The minimum absolute atomic E-state index is 0.132. The summed E-state index contributed by atoms with van der Waals surface area (Å²) in [6.45, 7) is 2.43. The van der Waals surface area contributed by atoms with Crippen LogP contribution in [0.15, 0.2) is 40.9 Å². The molecule has 0 aliphatic heterocycles. The van der Waals surface area contributed by atoms with Gasteiger partial charge in [-0.05, 0) is 19.1 Å². The molecular formula is C17H17N7O2S. The SMILES string of the molecule is CCNC(=O)c1csc(Nc2nc3ccn(-c4cnn(C)c4)c3c(=O)[nH]2)c1. The molecule has 10 heteroatoms. The first kappa shape index (κ1) is 17.0. The Morgan fingerprint density at radius 2 is 2.26 bits per heavy atom. The largest absolute Gasteiger partial charge is 0.352 e. The van der Waals surface area contributed by atoms with Crippen LogP contribution in [0.2, 0.25) is 0 Å². The van der Waals surface area contributed by atoms with Crippen molar-refractivity contribution in [1.82, 2.24) is 29.6 Å². The van der Waals surface area contributed by atoms with E-state index in [-0.39, 0.29) is 11.5 Å². The van der Waals surface area contributed by atoms with Crippen molar-refractivity contribution in [2.75, 3.05) is 11.9 Å². The molecule has 4 aromatic heterocycles. The average Bonchev–Trinajstić information content (AvgIpc) is 3.34. The predicted octanol–water partition coefficient (Wildman–Crippen LogP) is 2.00. The first-order valence-corrected chi connectivity index (χ1v) is 9.17. The van der Waals surface area contributed by atoms with E-state index in [9.17, 15) is 9.59 Å². The van der Waals surface area contributed by atoms with Crippen LogP contribution in [-0.4, -0.2) is 36.8 Å². The van der Waals surface area contributed by atoms with Gasteiger partial charge in [0.15, 0.2) is 0 Å². The maximum Gasteiger partial charge on any atom is 0.277 e. The maximum atomic E-state index is 12.6. The van der Waals surface area contributed by atoms with E-state index in [2.05, 4.69) is 25.7 Å². The lowest BCUT2D eigenvalue weighted by atomic mass is 10.3. The van der Waals surface area contributed by atoms with Gasteiger partial charge in [0.1, 0.15) is 5.52 Å². The number of anilines is 2. The Morgan fingerprint density at radius 3 is 3.00 bits per heavy atom. The van der Waals surface area contributed by atoms with Crippen LogP contribution >= 0.6 is 11.3 Å². The molecule has 0 unspecified atom stereocenters. The van der Waals surface area contributed by atoms with E-state index in [0.717, 1.165) is 5.69 Å². The number of aryl methyl sites for hydroxylation is 1. The molecule has 1 amide bonds. The maximum absolute atomic E-state index is 12.6. The number of nitrogens with zero attached hydrogens (tertiary/aromatic N) is 4. The van der Waals surface area contributed by atoms with Crippen molar-refractivity contribution in [3.8, 4) is 5.69 Å². The van der Waals surface area contributed by atoms with Gasteiger partial charge in [0.2, 0.25) is 5.95 Å². The second kappa shape index (κ2) is 6.72. The summed E-state index contributed by atoms with van der Waals surface area (Å²) in [4.78, 5) is 31.7. The van der Waals surface area contributed by atoms with Crippen LogP contribution in [0, 0.1) is 0 Å². The van der Waals surface area contributed by atoms with Crippen molar-refractivity contribution in [2.45, 2.75) is 6.92 Å². The van der Waals surface area contributed by atoms with E-state index in [4.69, 9.17) is 0 Å². The van der Waals surface area contributed by atoms with E-state index in [0.29, 0.717) is 34.1 Å². The molecule has 0 fully saturated rings. The average molecular weight is 383 g/mol. The van der Waals surface area contributed by atoms with Crippen LogP contribution in [0.25, 0.3) is 16.7 Å². The molecule has 0 aliphatic rings. The van der Waals surface area contributed by atoms with Gasteiger partial charge in [-0.1, -0.05) is 0 Å². The number of amides is 1. The molecule has 0 saturated heterocycles. The lowest BCUT2D eigenvalue weighted by Gasteiger charge is -2.04. The van der Waals surface area contributed by atoms with Crippen LogP contribution in [0.3, 0.4) is 0 Å². The zero-order valence-electron chi connectivity index (χ0n) is 14.7. The van der Waals surface area contributed by atoms with Crippen LogP contribution in [-0.2, 0) is 7.05 Å². The molecule has 27 heavy (non-hydrogen) atoms. The molecule has 4 aromatic rings. The Labute approximate surface area is 157 Å². The quantitative estimate of drug-likeness (QED) is 0.488. The van der Waals surface area contributed by atoms with E-state index < -0.39 is 0 Å². The van der Waals surface area contributed by atoms with Gasteiger partial charge in [0.25, 0.3) is 11.5 Å². The molecule has 3 N–H and O–H groups in total. The van der Waals surface area contributed by atoms with Crippen LogP contribution < -0.4 is 16.2 Å². The first-order chi connectivity index (χ1) is 13.0. The normalized spacial score (nSPS) is 11.0. The molecule has 0 radical (unpaired) electrons. The molecule has 9 nitrogen and oxygen atoms in total. The topological polar surface area (TPSA) is 110 Å². The van der Waals surface area contributed by atoms with Crippen molar-refractivity contribution >= 4 is 39.2 Å². The number of H-pyrrole nitrogens is 1. The Kier molecular flexibility index (Phi) is 4.24. The molecule has 0 aliphatic carbocycles. The lowest BCUT2D eigenvalue weighted by molar-refractivity contribution is 0.0956. The number of aromatic nitrogens is 5. The number of thiophene rings is 1. The van der Waals surface area contributed by atoms with Crippen molar-refractivity contribution in [3.63, 3.8) is 0 Å². The summed E-state index contributed by atoms with van der Waals surface area (Å²) < 4.78 is 3.41. The molecular weight excluding hydrogens is 366 g/mol. The van der Waals surface area contributed by atoms with Gasteiger partial charge in [-0.3, -0.25) is 19.3 Å². The summed E-state index contributed by atoms with van der Waals surface area (Å²) in [6.07, 6.45) is 5.28. The Hall–Kier alpha value is -3.40. The van der Waals surface area contributed by atoms with Crippen LogP contribution in [0.4, 0.5) is 10.9 Å². The van der Waals surface area contributed by atoms with Gasteiger partial charge in [0.05, 0.1) is 28.0 Å². The highest BCUT2D eigenvalue weighted by Gasteiger charge is 2.13. The molecule has 138 valence electrons. The monoisotopic (exact) mass is 383 g/mol. The molecule has 4 rings (SSSR count). The molecule has 0 bridgehead atoms. The van der Waals surface area contributed by atoms with Gasteiger partial charge in [-0.25, -0.2) is 4.98 Å². The van der Waals surface area contributed by atoms with E-state index in [1.165, 1.54) is 11.3 Å². The highest BCUT2D eigenvalue weighted by Crippen LogP contribution is 2.24. The second-order valence-corrected chi connectivity index (χ2v) is 6.80. The standard InChI is InChI=1S/C17H17N7O2S/c1-3-18-15(25)10-6-13(27-9-10)21-17-20-12-4-5-24(14(12)16(26)22-17)11-7-19-23(2)8-11/h4-9H,3H2,1-2H3,(H,18,25)(H2,20,21,22,26). The minimum Gasteiger partial charge on any atom is -0.352 e. The van der Waals surface area contributed by atoms with Crippen molar-refractivity contribution < 1.29 is 4.79 Å². The second-order valence-electron chi connectivity index (χ2n) is 5.89. The fourth-order valence-corrected chi connectivity index (χ4v) is 3.54. The molecule has 0 aromatic carbocycles. The number of carbonyl (C=O) groups excluding carboxylic acids is 1. The Balaban J connectivity index is 1.65. The summed E-state index contributed by atoms with van der Waals surface area (Å²) >= 11 is 1.36. The number of aromatic amines is 1. The van der Waals surface area contributed by atoms with Crippen molar-refractivity contribution in [3.05, 3.63) is 52.0 Å². The fourth-order valence-electron chi connectivity index (χ4n) is 2.76. The Morgan fingerprint density at radius 1 is 1.41 bits per heavy atom. The smallest absolute Gasteiger partial charge is 0.277 e.